The number of nitrogens with zero attached hydrogens (tertiary/aromatic N) is 4. The van der Waals surface area contributed by atoms with Gasteiger partial charge in [0.25, 0.3) is 11.8 Å². The zero-order valence-corrected chi connectivity index (χ0v) is 19.5. The Bertz CT molecular complexity index is 983. The largest absolute Gasteiger partial charge is 0.336 e. The van der Waals surface area contributed by atoms with Gasteiger partial charge in [0.1, 0.15) is 5.03 Å². The van der Waals surface area contributed by atoms with Crippen LogP contribution < -0.4 is 4.90 Å². The van der Waals surface area contributed by atoms with Crippen LogP contribution in [0.5, 0.6) is 0 Å². The maximum absolute atomic E-state index is 13.2. The van der Waals surface area contributed by atoms with Crippen LogP contribution in [0.4, 0.5) is 5.69 Å². The van der Waals surface area contributed by atoms with Gasteiger partial charge in [-0.15, -0.1) is 0 Å². The van der Waals surface area contributed by atoms with Gasteiger partial charge in [-0.25, -0.2) is 4.98 Å². The second-order valence-corrected chi connectivity index (χ2v) is 9.93. The summed E-state index contributed by atoms with van der Waals surface area (Å²) in [6.07, 6.45) is 1.70. The minimum Gasteiger partial charge on any atom is -0.336 e. The number of hydrogen-bond donors (Lipinski definition) is 0. The van der Waals surface area contributed by atoms with Crippen LogP contribution in [0.3, 0.4) is 0 Å². The molecule has 2 amide bonds. The van der Waals surface area contributed by atoms with Crippen LogP contribution in [0.2, 0.25) is 0 Å². The monoisotopic (exact) mass is 438 g/mol. The summed E-state index contributed by atoms with van der Waals surface area (Å²) in [6.45, 7) is 12.8. The van der Waals surface area contributed by atoms with Crippen molar-refractivity contribution in [2.45, 2.75) is 43.7 Å². The van der Waals surface area contributed by atoms with Crippen LogP contribution in [0.15, 0.2) is 46.5 Å². The lowest BCUT2D eigenvalue weighted by molar-refractivity contribution is 0.0623. The highest BCUT2D eigenvalue weighted by molar-refractivity contribution is 7.99. The SMILES string of the molecule is CC(C)CN1CCN(C(=O)c2ccc3c(c2)Sc2ncccc2C(=O)N3C(C)C)CC1. The van der Waals surface area contributed by atoms with E-state index in [4.69, 9.17) is 0 Å². The molecule has 0 aliphatic carbocycles. The number of anilines is 1. The van der Waals surface area contributed by atoms with E-state index in [1.54, 1.807) is 17.2 Å². The molecular formula is C24H30N4O2S. The predicted octanol–water partition coefficient (Wildman–Crippen LogP) is 4.02. The van der Waals surface area contributed by atoms with Crippen LogP contribution in [-0.4, -0.2) is 65.4 Å². The molecule has 1 aromatic carbocycles. The van der Waals surface area contributed by atoms with Crippen LogP contribution >= 0.6 is 11.8 Å². The summed E-state index contributed by atoms with van der Waals surface area (Å²) in [5, 5.41) is 0.684. The third-order valence-corrected chi connectivity index (χ3v) is 6.76. The molecule has 7 heteroatoms. The van der Waals surface area contributed by atoms with Crippen molar-refractivity contribution in [3.8, 4) is 0 Å². The number of fused-ring (bicyclic) bond motifs is 2. The topological polar surface area (TPSA) is 56.8 Å². The second kappa shape index (κ2) is 9.01. The molecule has 1 aromatic heterocycles. The minimum absolute atomic E-state index is 0.00593. The number of benzene rings is 1. The van der Waals surface area contributed by atoms with Crippen molar-refractivity contribution in [1.82, 2.24) is 14.8 Å². The van der Waals surface area contributed by atoms with Gasteiger partial charge < -0.3 is 9.80 Å². The van der Waals surface area contributed by atoms with Crippen molar-refractivity contribution in [1.29, 1.82) is 0 Å². The highest BCUT2D eigenvalue weighted by atomic mass is 32.2. The predicted molar refractivity (Wildman–Crippen MR) is 124 cm³/mol. The van der Waals surface area contributed by atoms with Crippen molar-refractivity contribution in [2.75, 3.05) is 37.6 Å². The first-order chi connectivity index (χ1) is 14.8. The zero-order valence-electron chi connectivity index (χ0n) is 18.7. The number of carbonyl (C=O) groups excluding carboxylic acids is 2. The van der Waals surface area contributed by atoms with Gasteiger partial charge in [0, 0.05) is 55.4 Å². The molecule has 0 saturated carbocycles. The van der Waals surface area contributed by atoms with Crippen molar-refractivity contribution < 1.29 is 9.59 Å². The van der Waals surface area contributed by atoms with Crippen molar-refractivity contribution >= 4 is 29.3 Å². The number of rotatable bonds is 4. The third-order valence-electron chi connectivity index (χ3n) is 5.69. The van der Waals surface area contributed by atoms with Gasteiger partial charge in [-0.1, -0.05) is 25.6 Å². The third kappa shape index (κ3) is 4.48. The Balaban J connectivity index is 1.61. The number of piperazine rings is 1. The van der Waals surface area contributed by atoms with Gasteiger partial charge in [-0.3, -0.25) is 14.5 Å². The molecule has 3 heterocycles. The fourth-order valence-electron chi connectivity index (χ4n) is 4.25. The van der Waals surface area contributed by atoms with Crippen molar-refractivity contribution in [3.05, 3.63) is 47.7 Å². The molecule has 2 aliphatic heterocycles. The maximum atomic E-state index is 13.2. The van der Waals surface area contributed by atoms with E-state index >= 15 is 0 Å². The number of amides is 2. The average molecular weight is 439 g/mol. The Morgan fingerprint density at radius 3 is 2.52 bits per heavy atom. The highest BCUT2D eigenvalue weighted by Gasteiger charge is 2.31. The fourth-order valence-corrected chi connectivity index (χ4v) is 5.30. The summed E-state index contributed by atoms with van der Waals surface area (Å²) < 4.78 is 0. The van der Waals surface area contributed by atoms with Gasteiger partial charge in [-0.05, 0) is 50.1 Å². The van der Waals surface area contributed by atoms with Gasteiger partial charge in [0.05, 0.1) is 11.3 Å². The van der Waals surface area contributed by atoms with Crippen LogP contribution in [0.25, 0.3) is 0 Å². The van der Waals surface area contributed by atoms with E-state index in [9.17, 15) is 9.59 Å². The Morgan fingerprint density at radius 2 is 1.84 bits per heavy atom. The molecular weight excluding hydrogens is 408 g/mol. The highest BCUT2D eigenvalue weighted by Crippen LogP contribution is 2.41. The second-order valence-electron chi connectivity index (χ2n) is 8.90. The standard InChI is InChI=1S/C24H30N4O2S/c1-16(2)15-26-10-12-27(13-11-26)23(29)18-7-8-20-21(14-18)31-22-19(6-5-9-25-22)24(30)28(20)17(3)4/h5-9,14,16-17H,10-13,15H2,1-4H3. The lowest BCUT2D eigenvalue weighted by Crippen LogP contribution is -2.49. The molecule has 31 heavy (non-hydrogen) atoms. The number of pyridine rings is 1. The van der Waals surface area contributed by atoms with E-state index < -0.39 is 0 Å². The van der Waals surface area contributed by atoms with Crippen molar-refractivity contribution in [3.63, 3.8) is 0 Å². The molecule has 4 rings (SSSR count). The van der Waals surface area contributed by atoms with Gasteiger partial charge in [-0.2, -0.15) is 0 Å². The average Bonchev–Trinajstić information content (AvgIpc) is 2.86. The molecule has 1 saturated heterocycles. The number of carbonyl (C=O) groups is 2. The lowest BCUT2D eigenvalue weighted by atomic mass is 10.1. The van der Waals surface area contributed by atoms with Crippen molar-refractivity contribution in [2.24, 2.45) is 5.92 Å². The molecule has 2 aromatic rings. The van der Waals surface area contributed by atoms with Crippen LogP contribution in [0.1, 0.15) is 48.4 Å². The first-order valence-corrected chi connectivity index (χ1v) is 11.8. The summed E-state index contributed by atoms with van der Waals surface area (Å²) >= 11 is 1.46. The van der Waals surface area contributed by atoms with E-state index in [2.05, 4.69) is 23.7 Å². The lowest BCUT2D eigenvalue weighted by Gasteiger charge is -2.35. The van der Waals surface area contributed by atoms with Gasteiger partial charge >= 0.3 is 0 Å². The van der Waals surface area contributed by atoms with E-state index in [0.717, 1.165) is 43.3 Å². The summed E-state index contributed by atoms with van der Waals surface area (Å²) in [5.41, 5.74) is 2.10. The quantitative estimate of drug-likeness (QED) is 0.722. The molecule has 0 bridgehead atoms. The first-order valence-electron chi connectivity index (χ1n) is 11.0. The van der Waals surface area contributed by atoms with E-state index in [0.29, 0.717) is 22.1 Å². The van der Waals surface area contributed by atoms with Crippen LogP contribution in [-0.2, 0) is 0 Å². The van der Waals surface area contributed by atoms with E-state index in [-0.39, 0.29) is 17.9 Å². The zero-order chi connectivity index (χ0) is 22.1. The normalized spacial score (nSPS) is 17.0. The molecule has 0 spiro atoms. The Labute approximate surface area is 188 Å². The van der Waals surface area contributed by atoms with Gasteiger partial charge in [0.2, 0.25) is 0 Å². The molecule has 2 aliphatic rings. The number of hydrogen-bond acceptors (Lipinski definition) is 5. The Kier molecular flexibility index (Phi) is 6.34. The molecule has 0 N–H and O–H groups in total. The molecule has 6 nitrogen and oxygen atoms in total. The molecule has 0 atom stereocenters. The Morgan fingerprint density at radius 1 is 1.10 bits per heavy atom. The van der Waals surface area contributed by atoms with E-state index in [1.165, 1.54) is 11.8 Å². The smallest absolute Gasteiger partial charge is 0.261 e. The maximum Gasteiger partial charge on any atom is 0.261 e. The molecule has 164 valence electrons. The Hall–Kier alpha value is -2.38. The summed E-state index contributed by atoms with van der Waals surface area (Å²) in [4.78, 5) is 37.9. The molecule has 0 unspecified atom stereocenters. The summed E-state index contributed by atoms with van der Waals surface area (Å²) in [5.74, 6) is 0.636. The summed E-state index contributed by atoms with van der Waals surface area (Å²) in [7, 11) is 0. The van der Waals surface area contributed by atoms with E-state index in [1.807, 2.05) is 43.0 Å². The van der Waals surface area contributed by atoms with Crippen LogP contribution in [0, 0.1) is 5.92 Å². The van der Waals surface area contributed by atoms with Gasteiger partial charge in [0.15, 0.2) is 0 Å². The fraction of sp³-hybridized carbons (Fsp3) is 0.458. The molecule has 1 fully saturated rings. The first kappa shape index (κ1) is 21.8. The minimum atomic E-state index is -0.0512. The number of aromatic nitrogens is 1. The summed E-state index contributed by atoms with van der Waals surface area (Å²) in [6, 6.07) is 9.30. The molecule has 0 radical (unpaired) electrons.